The molecule has 0 aliphatic carbocycles. The van der Waals surface area contributed by atoms with E-state index in [0.717, 1.165) is 25.6 Å². The molecule has 0 radical (unpaired) electrons. The summed E-state index contributed by atoms with van der Waals surface area (Å²) in [4.78, 5) is 7.88. The van der Waals surface area contributed by atoms with Gasteiger partial charge in [0.25, 0.3) is 0 Å². The second-order valence-electron chi connectivity index (χ2n) is 5.30. The summed E-state index contributed by atoms with van der Waals surface area (Å²) in [5.41, 5.74) is 0. The highest BCUT2D eigenvalue weighted by atomic mass is 32.1. The molecule has 0 saturated heterocycles. The quantitative estimate of drug-likeness (QED) is 0.606. The summed E-state index contributed by atoms with van der Waals surface area (Å²) in [5, 5.41) is 8.89. The molecule has 0 spiro atoms. The van der Waals surface area contributed by atoms with Crippen molar-refractivity contribution in [3.05, 3.63) is 46.9 Å². The Labute approximate surface area is 136 Å². The van der Waals surface area contributed by atoms with Gasteiger partial charge in [0.2, 0.25) is 0 Å². The molecule has 0 aromatic carbocycles. The molecule has 1 unspecified atom stereocenters. The van der Waals surface area contributed by atoms with Crippen LogP contribution in [0.15, 0.2) is 47.0 Å². The van der Waals surface area contributed by atoms with Crippen LogP contribution in [0.5, 0.6) is 0 Å². The van der Waals surface area contributed by atoms with Gasteiger partial charge in [0.15, 0.2) is 5.96 Å². The molecular formula is C16H25N5S. The monoisotopic (exact) mass is 319 g/mol. The number of hydrogen-bond acceptors (Lipinski definition) is 3. The molecule has 2 aromatic heterocycles. The van der Waals surface area contributed by atoms with Gasteiger partial charge < -0.3 is 20.1 Å². The number of rotatable bonds is 7. The number of guanidine groups is 1. The van der Waals surface area contributed by atoms with Gasteiger partial charge >= 0.3 is 0 Å². The number of aromatic nitrogens is 1. The van der Waals surface area contributed by atoms with E-state index in [1.165, 1.54) is 4.88 Å². The largest absolute Gasteiger partial charge is 0.355 e. The van der Waals surface area contributed by atoms with Crippen molar-refractivity contribution in [2.75, 3.05) is 34.2 Å². The molecule has 2 N–H and O–H groups in total. The van der Waals surface area contributed by atoms with Crippen molar-refractivity contribution in [1.82, 2.24) is 20.1 Å². The van der Waals surface area contributed by atoms with E-state index in [4.69, 9.17) is 0 Å². The van der Waals surface area contributed by atoms with E-state index in [1.54, 1.807) is 18.4 Å². The van der Waals surface area contributed by atoms with Gasteiger partial charge in [-0.05, 0) is 37.7 Å². The van der Waals surface area contributed by atoms with Crippen LogP contribution in [-0.4, -0.2) is 49.7 Å². The van der Waals surface area contributed by atoms with Gasteiger partial charge in [-0.15, -0.1) is 11.3 Å². The first kappa shape index (κ1) is 16.6. The summed E-state index contributed by atoms with van der Waals surface area (Å²) < 4.78 is 2.15. The second-order valence-corrected chi connectivity index (χ2v) is 6.27. The molecule has 0 aliphatic rings. The van der Waals surface area contributed by atoms with Gasteiger partial charge in [-0.1, -0.05) is 6.07 Å². The van der Waals surface area contributed by atoms with Crippen molar-refractivity contribution in [1.29, 1.82) is 0 Å². The molecule has 120 valence electrons. The van der Waals surface area contributed by atoms with Gasteiger partial charge in [0.1, 0.15) is 0 Å². The van der Waals surface area contributed by atoms with Crippen LogP contribution in [0.4, 0.5) is 0 Å². The average Bonchev–Trinajstić information content (AvgIpc) is 3.18. The molecule has 22 heavy (non-hydrogen) atoms. The Morgan fingerprint density at radius 1 is 1.27 bits per heavy atom. The Balaban J connectivity index is 1.79. The summed E-state index contributed by atoms with van der Waals surface area (Å²) in [5.74, 6) is 0.843. The number of thiophene rings is 1. The molecule has 0 aliphatic heterocycles. The van der Waals surface area contributed by atoms with E-state index in [1.807, 2.05) is 12.1 Å². The summed E-state index contributed by atoms with van der Waals surface area (Å²) in [6.07, 6.45) is 4.13. The predicted molar refractivity (Wildman–Crippen MR) is 94.5 cm³/mol. The molecule has 5 nitrogen and oxygen atoms in total. The van der Waals surface area contributed by atoms with Crippen molar-refractivity contribution in [2.24, 2.45) is 4.99 Å². The maximum atomic E-state index is 4.29. The fourth-order valence-corrected chi connectivity index (χ4v) is 3.18. The Morgan fingerprint density at radius 2 is 2.05 bits per heavy atom. The van der Waals surface area contributed by atoms with Crippen LogP contribution in [-0.2, 0) is 6.54 Å². The zero-order valence-electron chi connectivity index (χ0n) is 13.5. The SMILES string of the molecule is CN=C(NCCn1cccc1)NCC(c1cccs1)N(C)C. The fourth-order valence-electron chi connectivity index (χ4n) is 2.26. The van der Waals surface area contributed by atoms with Gasteiger partial charge in [0, 0.05) is 44.0 Å². The zero-order chi connectivity index (χ0) is 15.8. The van der Waals surface area contributed by atoms with Crippen molar-refractivity contribution < 1.29 is 0 Å². The highest BCUT2D eigenvalue weighted by Crippen LogP contribution is 2.22. The van der Waals surface area contributed by atoms with Crippen LogP contribution < -0.4 is 10.6 Å². The van der Waals surface area contributed by atoms with E-state index >= 15 is 0 Å². The van der Waals surface area contributed by atoms with Crippen LogP contribution in [0, 0.1) is 0 Å². The lowest BCUT2D eigenvalue weighted by Crippen LogP contribution is -2.42. The molecular weight excluding hydrogens is 294 g/mol. The van der Waals surface area contributed by atoms with E-state index < -0.39 is 0 Å². The van der Waals surface area contributed by atoms with Gasteiger partial charge in [-0.3, -0.25) is 4.99 Å². The fraction of sp³-hybridized carbons (Fsp3) is 0.438. The van der Waals surface area contributed by atoms with Crippen molar-refractivity contribution in [3.8, 4) is 0 Å². The van der Waals surface area contributed by atoms with Gasteiger partial charge in [-0.2, -0.15) is 0 Å². The number of nitrogens with one attached hydrogen (secondary N) is 2. The van der Waals surface area contributed by atoms with E-state index in [0.29, 0.717) is 6.04 Å². The maximum Gasteiger partial charge on any atom is 0.191 e. The molecule has 2 aromatic rings. The summed E-state index contributed by atoms with van der Waals surface area (Å²) >= 11 is 1.79. The third-order valence-electron chi connectivity index (χ3n) is 3.51. The highest BCUT2D eigenvalue weighted by Gasteiger charge is 2.15. The normalized spacial score (nSPS) is 13.4. The van der Waals surface area contributed by atoms with Crippen LogP contribution in [0.25, 0.3) is 0 Å². The first-order valence-electron chi connectivity index (χ1n) is 7.46. The van der Waals surface area contributed by atoms with Crippen LogP contribution >= 0.6 is 11.3 Å². The summed E-state index contributed by atoms with van der Waals surface area (Å²) in [6.45, 7) is 2.60. The highest BCUT2D eigenvalue weighted by molar-refractivity contribution is 7.10. The van der Waals surface area contributed by atoms with Gasteiger partial charge in [-0.25, -0.2) is 0 Å². The lowest BCUT2D eigenvalue weighted by Gasteiger charge is -2.24. The minimum Gasteiger partial charge on any atom is -0.355 e. The first-order chi connectivity index (χ1) is 10.7. The number of nitrogens with zero attached hydrogens (tertiary/aromatic N) is 3. The Kier molecular flexibility index (Phi) is 6.48. The minimum absolute atomic E-state index is 0.350. The molecule has 0 amide bonds. The molecule has 0 bridgehead atoms. The first-order valence-corrected chi connectivity index (χ1v) is 8.33. The second kappa shape index (κ2) is 8.60. The van der Waals surface area contributed by atoms with Crippen molar-refractivity contribution >= 4 is 17.3 Å². The average molecular weight is 319 g/mol. The number of aliphatic imine (C=N–C) groups is 1. The Morgan fingerprint density at radius 3 is 2.64 bits per heavy atom. The molecule has 0 fully saturated rings. The molecule has 2 heterocycles. The predicted octanol–water partition coefficient (Wildman–Crippen LogP) is 2.02. The standard InChI is InChI=1S/C16H25N5S/c1-17-16(18-8-11-21-9-4-5-10-21)19-13-14(20(2)3)15-7-6-12-22-15/h4-7,9-10,12,14H,8,11,13H2,1-3H3,(H2,17,18,19). The van der Waals surface area contributed by atoms with E-state index in [9.17, 15) is 0 Å². The molecule has 6 heteroatoms. The van der Waals surface area contributed by atoms with E-state index in [2.05, 4.69) is 69.1 Å². The maximum absolute atomic E-state index is 4.29. The topological polar surface area (TPSA) is 44.6 Å². The van der Waals surface area contributed by atoms with Crippen LogP contribution in [0.3, 0.4) is 0 Å². The lowest BCUT2D eigenvalue weighted by molar-refractivity contribution is 0.302. The summed E-state index contributed by atoms with van der Waals surface area (Å²) in [7, 11) is 6.02. The van der Waals surface area contributed by atoms with Crippen molar-refractivity contribution in [2.45, 2.75) is 12.6 Å². The smallest absolute Gasteiger partial charge is 0.191 e. The van der Waals surface area contributed by atoms with E-state index in [-0.39, 0.29) is 0 Å². The number of hydrogen-bond donors (Lipinski definition) is 2. The minimum atomic E-state index is 0.350. The van der Waals surface area contributed by atoms with Gasteiger partial charge in [0.05, 0.1) is 6.04 Å². The Bertz CT molecular complexity index is 545. The molecule has 2 rings (SSSR count). The lowest BCUT2D eigenvalue weighted by atomic mass is 10.2. The molecule has 1 atom stereocenters. The van der Waals surface area contributed by atoms with Crippen LogP contribution in [0.2, 0.25) is 0 Å². The number of likely N-dealkylation sites (N-methyl/N-ethyl adjacent to an activating group) is 1. The third kappa shape index (κ3) is 4.89. The van der Waals surface area contributed by atoms with Crippen molar-refractivity contribution in [3.63, 3.8) is 0 Å². The summed E-state index contributed by atoms with van der Waals surface area (Å²) in [6, 6.07) is 8.70. The zero-order valence-corrected chi connectivity index (χ0v) is 14.3. The third-order valence-corrected chi connectivity index (χ3v) is 4.48. The van der Waals surface area contributed by atoms with Crippen LogP contribution in [0.1, 0.15) is 10.9 Å². The molecule has 0 saturated carbocycles. The Hall–Kier alpha value is -1.79.